The minimum absolute atomic E-state index is 0.198. The summed E-state index contributed by atoms with van der Waals surface area (Å²) in [5, 5.41) is 0.772. The van der Waals surface area contributed by atoms with Gasteiger partial charge in [-0.3, -0.25) is 14.7 Å². The van der Waals surface area contributed by atoms with E-state index < -0.39 is 10.0 Å². The first-order chi connectivity index (χ1) is 12.1. The van der Waals surface area contributed by atoms with Crippen molar-refractivity contribution in [2.24, 2.45) is 0 Å². The van der Waals surface area contributed by atoms with Gasteiger partial charge in [0.05, 0.1) is 28.7 Å². The van der Waals surface area contributed by atoms with Crippen LogP contribution in [0.2, 0.25) is 0 Å². The maximum atomic E-state index is 12.6. The summed E-state index contributed by atoms with van der Waals surface area (Å²) in [5.74, 6) is 0. The highest BCUT2D eigenvalue weighted by molar-refractivity contribution is 7.92. The van der Waals surface area contributed by atoms with E-state index in [1.54, 1.807) is 73.4 Å². The van der Waals surface area contributed by atoms with Gasteiger partial charge in [0, 0.05) is 23.3 Å². The van der Waals surface area contributed by atoms with Crippen molar-refractivity contribution in [2.45, 2.75) is 4.90 Å². The maximum Gasteiger partial charge on any atom is 0.261 e. The lowest BCUT2D eigenvalue weighted by atomic mass is 10.1. The van der Waals surface area contributed by atoms with E-state index in [-0.39, 0.29) is 4.90 Å². The number of nitrogens with one attached hydrogen (secondary N) is 1. The third kappa shape index (κ3) is 2.97. The van der Waals surface area contributed by atoms with E-state index in [1.807, 2.05) is 0 Å². The van der Waals surface area contributed by atoms with Crippen molar-refractivity contribution in [2.75, 3.05) is 4.72 Å². The summed E-state index contributed by atoms with van der Waals surface area (Å²) in [4.78, 5) is 8.53. The topological polar surface area (TPSA) is 85.1 Å². The van der Waals surface area contributed by atoms with E-state index in [9.17, 15) is 8.42 Å². The van der Waals surface area contributed by atoms with E-state index in [4.69, 9.17) is 4.42 Å². The Morgan fingerprint density at radius 3 is 2.60 bits per heavy atom. The molecule has 0 aliphatic rings. The molecule has 0 aliphatic heterocycles. The van der Waals surface area contributed by atoms with Crippen LogP contribution in [-0.4, -0.2) is 18.4 Å². The van der Waals surface area contributed by atoms with E-state index in [1.165, 1.54) is 0 Å². The van der Waals surface area contributed by atoms with Gasteiger partial charge >= 0.3 is 0 Å². The van der Waals surface area contributed by atoms with Crippen molar-refractivity contribution in [1.29, 1.82) is 0 Å². The molecule has 1 N–H and O–H groups in total. The lowest BCUT2D eigenvalue weighted by Gasteiger charge is -2.10. The number of fused-ring (bicyclic) bond motifs is 1. The first-order valence-electron chi connectivity index (χ1n) is 7.49. The zero-order chi connectivity index (χ0) is 17.3. The molecule has 4 aromatic rings. The summed E-state index contributed by atoms with van der Waals surface area (Å²) in [6.45, 7) is 0. The van der Waals surface area contributed by atoms with Crippen LogP contribution in [0.3, 0.4) is 0 Å². The van der Waals surface area contributed by atoms with Gasteiger partial charge in [-0.05, 0) is 30.3 Å². The molecule has 6 nitrogen and oxygen atoms in total. The average Bonchev–Trinajstić information content (AvgIpc) is 3.11. The second kappa shape index (κ2) is 6.03. The number of nitrogens with zero attached hydrogens (tertiary/aromatic N) is 2. The Bertz CT molecular complexity index is 1120. The number of anilines is 1. The van der Waals surface area contributed by atoms with Gasteiger partial charge in [-0.15, -0.1) is 0 Å². The molecule has 0 aliphatic carbocycles. The molecule has 124 valence electrons. The standard InChI is InChI=1S/C18H13N3O3S/c22-25(23,15-4-2-1-3-5-15)21-14-10-13-6-9-24-18(13)16(11-14)17-12-19-7-8-20-17/h1-12,21H. The second-order valence-electron chi connectivity index (χ2n) is 5.37. The molecule has 0 radical (unpaired) electrons. The fraction of sp³-hybridized carbons (Fsp3) is 0. The fourth-order valence-corrected chi connectivity index (χ4v) is 3.64. The normalized spacial score (nSPS) is 11.5. The van der Waals surface area contributed by atoms with Gasteiger partial charge in [0.25, 0.3) is 10.0 Å². The molecule has 0 bridgehead atoms. The summed E-state index contributed by atoms with van der Waals surface area (Å²) in [6, 6.07) is 13.4. The summed E-state index contributed by atoms with van der Waals surface area (Å²) in [6.07, 6.45) is 6.31. The Hall–Kier alpha value is -3.19. The zero-order valence-electron chi connectivity index (χ0n) is 13.0. The van der Waals surface area contributed by atoms with Gasteiger partial charge in [0.2, 0.25) is 0 Å². The van der Waals surface area contributed by atoms with Gasteiger partial charge in [-0.25, -0.2) is 8.42 Å². The summed E-state index contributed by atoms with van der Waals surface area (Å²) < 4.78 is 33.3. The molecule has 0 saturated carbocycles. The molecule has 4 rings (SSSR count). The Morgan fingerprint density at radius 1 is 1.00 bits per heavy atom. The molecule has 2 aromatic heterocycles. The quantitative estimate of drug-likeness (QED) is 0.606. The van der Waals surface area contributed by atoms with Crippen molar-refractivity contribution in [3.8, 4) is 11.3 Å². The van der Waals surface area contributed by atoms with E-state index >= 15 is 0 Å². The lowest BCUT2D eigenvalue weighted by Crippen LogP contribution is -2.12. The van der Waals surface area contributed by atoms with Crippen LogP contribution in [0, 0.1) is 0 Å². The molecular formula is C18H13N3O3S. The lowest BCUT2D eigenvalue weighted by molar-refractivity contribution is 0.601. The zero-order valence-corrected chi connectivity index (χ0v) is 13.8. The van der Waals surface area contributed by atoms with Crippen LogP contribution in [0.5, 0.6) is 0 Å². The van der Waals surface area contributed by atoms with Gasteiger partial charge in [0.15, 0.2) is 0 Å². The summed E-state index contributed by atoms with van der Waals surface area (Å²) >= 11 is 0. The van der Waals surface area contributed by atoms with Gasteiger partial charge in [0.1, 0.15) is 5.58 Å². The molecule has 0 unspecified atom stereocenters. The molecule has 7 heteroatoms. The number of furan rings is 1. The minimum atomic E-state index is -3.68. The summed E-state index contributed by atoms with van der Waals surface area (Å²) in [7, 11) is -3.68. The number of benzene rings is 2. The van der Waals surface area contributed by atoms with Crippen molar-refractivity contribution >= 4 is 26.7 Å². The Balaban J connectivity index is 1.81. The van der Waals surface area contributed by atoms with Crippen molar-refractivity contribution in [1.82, 2.24) is 9.97 Å². The molecule has 0 saturated heterocycles. The molecule has 2 heterocycles. The molecular weight excluding hydrogens is 338 g/mol. The number of sulfonamides is 1. The van der Waals surface area contributed by atoms with Gasteiger partial charge in [-0.2, -0.15) is 0 Å². The highest BCUT2D eigenvalue weighted by atomic mass is 32.2. The highest BCUT2D eigenvalue weighted by Crippen LogP contribution is 2.32. The smallest absolute Gasteiger partial charge is 0.261 e. The third-order valence-corrected chi connectivity index (χ3v) is 5.09. The van der Waals surface area contributed by atoms with Crippen LogP contribution >= 0.6 is 0 Å². The Labute approximate surface area is 144 Å². The van der Waals surface area contributed by atoms with Crippen LogP contribution in [0.15, 0.2) is 82.7 Å². The number of rotatable bonds is 4. The maximum absolute atomic E-state index is 12.6. The monoisotopic (exact) mass is 351 g/mol. The van der Waals surface area contributed by atoms with E-state index in [0.717, 1.165) is 5.39 Å². The SMILES string of the molecule is O=S(=O)(Nc1cc(-c2cnccn2)c2occc2c1)c1ccccc1. The van der Waals surface area contributed by atoms with Crippen LogP contribution in [0.25, 0.3) is 22.2 Å². The largest absolute Gasteiger partial charge is 0.464 e. The Kier molecular flexibility index (Phi) is 3.70. The Morgan fingerprint density at radius 2 is 1.84 bits per heavy atom. The number of hydrogen-bond donors (Lipinski definition) is 1. The van der Waals surface area contributed by atoms with E-state index in [2.05, 4.69) is 14.7 Å². The van der Waals surface area contributed by atoms with Crippen LogP contribution < -0.4 is 4.72 Å². The molecule has 0 spiro atoms. The van der Waals surface area contributed by atoms with Gasteiger partial charge in [-0.1, -0.05) is 18.2 Å². The molecule has 2 aromatic carbocycles. The molecule has 0 atom stereocenters. The molecule has 0 fully saturated rings. The second-order valence-corrected chi connectivity index (χ2v) is 7.05. The van der Waals surface area contributed by atoms with Crippen LogP contribution in [-0.2, 0) is 10.0 Å². The third-order valence-electron chi connectivity index (χ3n) is 3.70. The first kappa shape index (κ1) is 15.3. The minimum Gasteiger partial charge on any atom is -0.464 e. The fourth-order valence-electron chi connectivity index (χ4n) is 2.58. The predicted octanol–water partition coefficient (Wildman–Crippen LogP) is 3.69. The molecule has 0 amide bonds. The van der Waals surface area contributed by atoms with Crippen LogP contribution in [0.4, 0.5) is 5.69 Å². The van der Waals surface area contributed by atoms with Crippen molar-refractivity contribution in [3.05, 3.63) is 73.4 Å². The van der Waals surface area contributed by atoms with Crippen molar-refractivity contribution in [3.63, 3.8) is 0 Å². The number of aromatic nitrogens is 2. The first-order valence-corrected chi connectivity index (χ1v) is 8.97. The average molecular weight is 351 g/mol. The molecule has 25 heavy (non-hydrogen) atoms. The highest BCUT2D eigenvalue weighted by Gasteiger charge is 2.16. The van der Waals surface area contributed by atoms with Crippen LogP contribution in [0.1, 0.15) is 0 Å². The van der Waals surface area contributed by atoms with Crippen molar-refractivity contribution < 1.29 is 12.8 Å². The van der Waals surface area contributed by atoms with Gasteiger partial charge < -0.3 is 4.42 Å². The van der Waals surface area contributed by atoms with E-state index in [0.29, 0.717) is 22.5 Å². The predicted molar refractivity (Wildman–Crippen MR) is 94.5 cm³/mol. The summed E-state index contributed by atoms with van der Waals surface area (Å²) in [5.41, 5.74) is 2.33. The number of hydrogen-bond acceptors (Lipinski definition) is 5.